The van der Waals surface area contributed by atoms with Crippen LogP contribution in [-0.2, 0) is 17.9 Å². The normalized spacial score (nSPS) is 10.3. The zero-order valence-electron chi connectivity index (χ0n) is 12.4. The number of nitriles is 1. The molecule has 0 fully saturated rings. The van der Waals surface area contributed by atoms with Crippen LogP contribution in [0, 0.1) is 11.3 Å². The van der Waals surface area contributed by atoms with E-state index in [0.717, 1.165) is 5.56 Å². The van der Waals surface area contributed by atoms with Gasteiger partial charge < -0.3 is 5.32 Å². The molecule has 0 radical (unpaired) electrons. The number of nitrogens with one attached hydrogen (secondary N) is 1. The summed E-state index contributed by atoms with van der Waals surface area (Å²) in [6.45, 7) is 0.433. The molecule has 3 aromatic rings. The molecule has 3 rings (SSSR count). The van der Waals surface area contributed by atoms with E-state index >= 15 is 0 Å². The summed E-state index contributed by atoms with van der Waals surface area (Å²) in [4.78, 5) is 15.8. The molecule has 1 aromatic carbocycles. The van der Waals surface area contributed by atoms with Crippen LogP contribution in [0.3, 0.4) is 0 Å². The largest absolute Gasteiger partial charge is 0.309 e. The number of halogens is 1. The van der Waals surface area contributed by atoms with Crippen molar-refractivity contribution in [2.45, 2.75) is 13.1 Å². The van der Waals surface area contributed by atoms with Gasteiger partial charge >= 0.3 is 0 Å². The number of hydrogen-bond acceptors (Lipinski definition) is 5. The first-order chi connectivity index (χ1) is 11.6. The standard InChI is InChI=1S/C15H12ClN7O/c16-12-3-1-2-11(6-12)8-23-14(4-5-19-23)20-15(24)9-22-10-18-13(7-17)21-22/h1-6,10H,8-9H2,(H,20,24). The van der Waals surface area contributed by atoms with E-state index in [4.69, 9.17) is 16.9 Å². The third kappa shape index (κ3) is 3.77. The van der Waals surface area contributed by atoms with Gasteiger partial charge in [0, 0.05) is 11.1 Å². The Morgan fingerprint density at radius 2 is 2.25 bits per heavy atom. The van der Waals surface area contributed by atoms with E-state index in [2.05, 4.69) is 20.5 Å². The van der Waals surface area contributed by atoms with Crippen molar-refractivity contribution in [1.82, 2.24) is 24.5 Å². The number of amides is 1. The number of carbonyl (C=O) groups excluding carboxylic acids is 1. The maximum atomic E-state index is 12.1. The van der Waals surface area contributed by atoms with Gasteiger partial charge in [0.25, 0.3) is 5.82 Å². The molecule has 24 heavy (non-hydrogen) atoms. The lowest BCUT2D eigenvalue weighted by Crippen LogP contribution is -2.21. The van der Waals surface area contributed by atoms with Crippen LogP contribution in [0.5, 0.6) is 0 Å². The van der Waals surface area contributed by atoms with Gasteiger partial charge in [-0.05, 0) is 17.7 Å². The van der Waals surface area contributed by atoms with Crippen LogP contribution in [0.1, 0.15) is 11.4 Å². The summed E-state index contributed by atoms with van der Waals surface area (Å²) in [5.41, 5.74) is 0.969. The predicted molar refractivity (Wildman–Crippen MR) is 86.1 cm³/mol. The zero-order chi connectivity index (χ0) is 16.9. The first-order valence-electron chi connectivity index (χ1n) is 7.00. The van der Waals surface area contributed by atoms with Gasteiger partial charge in [-0.15, -0.1) is 5.10 Å². The number of anilines is 1. The zero-order valence-corrected chi connectivity index (χ0v) is 13.2. The van der Waals surface area contributed by atoms with E-state index < -0.39 is 0 Å². The second kappa shape index (κ2) is 6.93. The second-order valence-electron chi connectivity index (χ2n) is 4.93. The first-order valence-corrected chi connectivity index (χ1v) is 7.37. The van der Waals surface area contributed by atoms with Crippen molar-refractivity contribution in [1.29, 1.82) is 5.26 Å². The van der Waals surface area contributed by atoms with Crippen molar-refractivity contribution in [3.05, 3.63) is 59.3 Å². The molecule has 9 heteroatoms. The summed E-state index contributed by atoms with van der Waals surface area (Å²) in [6.07, 6.45) is 2.94. The van der Waals surface area contributed by atoms with E-state index in [1.54, 1.807) is 23.0 Å². The molecule has 1 N–H and O–H groups in total. The number of hydrogen-bond donors (Lipinski definition) is 1. The number of rotatable bonds is 5. The summed E-state index contributed by atoms with van der Waals surface area (Å²) >= 11 is 5.98. The van der Waals surface area contributed by atoms with E-state index in [1.807, 2.05) is 24.3 Å². The minimum atomic E-state index is -0.294. The van der Waals surface area contributed by atoms with Gasteiger partial charge in [0.1, 0.15) is 24.8 Å². The molecule has 2 heterocycles. The summed E-state index contributed by atoms with van der Waals surface area (Å²) in [5, 5.41) is 20.1. The Morgan fingerprint density at radius 1 is 1.38 bits per heavy atom. The molecule has 8 nitrogen and oxygen atoms in total. The lowest BCUT2D eigenvalue weighted by Gasteiger charge is -2.09. The van der Waals surface area contributed by atoms with Gasteiger partial charge in [0.15, 0.2) is 0 Å². The average Bonchev–Trinajstić information content (AvgIpc) is 3.17. The molecule has 0 aliphatic heterocycles. The molecular weight excluding hydrogens is 330 g/mol. The third-order valence-electron chi connectivity index (χ3n) is 3.15. The average molecular weight is 342 g/mol. The molecule has 0 atom stereocenters. The first kappa shape index (κ1) is 15.7. The monoisotopic (exact) mass is 341 g/mol. The van der Waals surface area contributed by atoms with Crippen LogP contribution in [0.2, 0.25) is 5.02 Å². The lowest BCUT2D eigenvalue weighted by molar-refractivity contribution is -0.117. The summed E-state index contributed by atoms with van der Waals surface area (Å²) in [5.74, 6) is 0.284. The van der Waals surface area contributed by atoms with Crippen molar-refractivity contribution in [3.8, 4) is 6.07 Å². The molecule has 120 valence electrons. The molecular formula is C15H12ClN7O. The van der Waals surface area contributed by atoms with E-state index in [0.29, 0.717) is 17.4 Å². The molecule has 1 amide bonds. The van der Waals surface area contributed by atoms with Crippen molar-refractivity contribution < 1.29 is 4.79 Å². The fourth-order valence-electron chi connectivity index (χ4n) is 2.12. The Kier molecular flexibility index (Phi) is 4.54. The Morgan fingerprint density at radius 3 is 3.00 bits per heavy atom. The Bertz CT molecular complexity index is 908. The van der Waals surface area contributed by atoms with Gasteiger partial charge in [-0.2, -0.15) is 10.4 Å². The van der Waals surface area contributed by atoms with Gasteiger partial charge in [-0.3, -0.25) is 4.79 Å². The highest BCUT2D eigenvalue weighted by molar-refractivity contribution is 6.30. The third-order valence-corrected chi connectivity index (χ3v) is 3.38. The molecule has 0 bridgehead atoms. The van der Waals surface area contributed by atoms with E-state index in [-0.39, 0.29) is 18.3 Å². The summed E-state index contributed by atoms with van der Waals surface area (Å²) < 4.78 is 2.96. The molecule has 0 aliphatic carbocycles. The molecule has 2 aromatic heterocycles. The Balaban J connectivity index is 1.66. The van der Waals surface area contributed by atoms with Gasteiger partial charge in [0.05, 0.1) is 12.7 Å². The molecule has 0 unspecified atom stereocenters. The minimum Gasteiger partial charge on any atom is -0.309 e. The SMILES string of the molecule is N#Cc1ncn(CC(=O)Nc2ccnn2Cc2cccc(Cl)c2)n1. The molecule has 0 spiro atoms. The van der Waals surface area contributed by atoms with Crippen molar-refractivity contribution in [2.75, 3.05) is 5.32 Å². The van der Waals surface area contributed by atoms with Gasteiger partial charge in [-0.25, -0.2) is 14.3 Å². The predicted octanol–water partition coefficient (Wildman–Crippen LogP) is 1.69. The maximum Gasteiger partial charge on any atom is 0.252 e. The highest BCUT2D eigenvalue weighted by atomic mass is 35.5. The van der Waals surface area contributed by atoms with Crippen LogP contribution in [-0.4, -0.2) is 30.5 Å². The maximum absolute atomic E-state index is 12.1. The molecule has 0 saturated heterocycles. The quantitative estimate of drug-likeness (QED) is 0.760. The highest BCUT2D eigenvalue weighted by Gasteiger charge is 2.10. The highest BCUT2D eigenvalue weighted by Crippen LogP contribution is 2.14. The molecule has 0 aliphatic rings. The van der Waals surface area contributed by atoms with Crippen LogP contribution < -0.4 is 5.32 Å². The number of carbonyl (C=O) groups is 1. The van der Waals surface area contributed by atoms with Gasteiger partial charge in [-0.1, -0.05) is 23.7 Å². The number of benzene rings is 1. The Hall–Kier alpha value is -3.18. The van der Waals surface area contributed by atoms with E-state index in [1.165, 1.54) is 11.0 Å². The fourth-order valence-corrected chi connectivity index (χ4v) is 2.34. The van der Waals surface area contributed by atoms with Crippen molar-refractivity contribution >= 4 is 23.3 Å². The molecule has 0 saturated carbocycles. The van der Waals surface area contributed by atoms with E-state index in [9.17, 15) is 4.79 Å². The number of aromatic nitrogens is 5. The van der Waals surface area contributed by atoms with Crippen LogP contribution in [0.25, 0.3) is 0 Å². The lowest BCUT2D eigenvalue weighted by atomic mass is 10.2. The van der Waals surface area contributed by atoms with Gasteiger partial charge in [0.2, 0.25) is 5.91 Å². The fraction of sp³-hybridized carbons (Fsp3) is 0.133. The summed E-state index contributed by atoms with van der Waals surface area (Å²) in [7, 11) is 0. The van der Waals surface area contributed by atoms with Crippen LogP contribution in [0.15, 0.2) is 42.9 Å². The smallest absolute Gasteiger partial charge is 0.252 e. The van der Waals surface area contributed by atoms with Crippen molar-refractivity contribution in [2.24, 2.45) is 0 Å². The van der Waals surface area contributed by atoms with Crippen LogP contribution in [0.4, 0.5) is 5.82 Å². The number of nitrogens with zero attached hydrogens (tertiary/aromatic N) is 6. The summed E-state index contributed by atoms with van der Waals surface area (Å²) in [6, 6.07) is 10.9. The second-order valence-corrected chi connectivity index (χ2v) is 5.37. The minimum absolute atomic E-state index is 0.0220. The topological polar surface area (TPSA) is 101 Å². The van der Waals surface area contributed by atoms with Crippen LogP contribution >= 0.6 is 11.6 Å². The van der Waals surface area contributed by atoms with Crippen molar-refractivity contribution in [3.63, 3.8) is 0 Å². The Labute approximate surface area is 142 Å².